The van der Waals surface area contributed by atoms with E-state index in [1.165, 1.54) is 0 Å². The second-order valence-electron chi connectivity index (χ2n) is 4.65. The number of hydrogen-bond acceptors (Lipinski definition) is 2. The molecule has 0 atom stereocenters. The number of hydrogen-bond donors (Lipinski definition) is 1. The van der Waals surface area contributed by atoms with Crippen LogP contribution in [0.2, 0.25) is 0 Å². The average Bonchev–Trinajstić information content (AvgIpc) is 2.66. The molecular formula is C9H18BrNO2S. The fourth-order valence-corrected chi connectivity index (χ4v) is 4.32. The van der Waals surface area contributed by atoms with Crippen molar-refractivity contribution in [3.05, 3.63) is 0 Å². The van der Waals surface area contributed by atoms with Crippen LogP contribution in [-0.4, -0.2) is 25.0 Å². The maximum absolute atomic E-state index is 11.6. The summed E-state index contributed by atoms with van der Waals surface area (Å²) in [5.74, 6) is 0.714. The summed E-state index contributed by atoms with van der Waals surface area (Å²) < 4.78 is 26.0. The van der Waals surface area contributed by atoms with Gasteiger partial charge in [-0.1, -0.05) is 15.9 Å². The van der Waals surface area contributed by atoms with E-state index in [0.717, 1.165) is 24.6 Å². The monoisotopic (exact) mass is 283 g/mol. The van der Waals surface area contributed by atoms with E-state index in [2.05, 4.69) is 20.7 Å². The van der Waals surface area contributed by atoms with Crippen molar-refractivity contribution in [2.45, 2.75) is 38.6 Å². The molecule has 1 saturated carbocycles. The van der Waals surface area contributed by atoms with Crippen molar-refractivity contribution in [3.63, 3.8) is 0 Å². The Labute approximate surface area is 94.8 Å². The lowest BCUT2D eigenvalue weighted by Gasteiger charge is -2.24. The van der Waals surface area contributed by atoms with Crippen LogP contribution in [0, 0.1) is 5.92 Å². The Hall–Kier alpha value is 0.390. The van der Waals surface area contributed by atoms with E-state index >= 15 is 0 Å². The van der Waals surface area contributed by atoms with Crippen LogP contribution in [-0.2, 0) is 10.0 Å². The third kappa shape index (κ3) is 4.75. The summed E-state index contributed by atoms with van der Waals surface area (Å²) in [5.41, 5.74) is -0.336. The van der Waals surface area contributed by atoms with Gasteiger partial charge in [-0.3, -0.25) is 0 Å². The lowest BCUT2D eigenvalue weighted by Crippen LogP contribution is -2.44. The molecule has 0 bridgehead atoms. The number of sulfonamides is 1. The Morgan fingerprint density at radius 2 is 2.00 bits per heavy atom. The van der Waals surface area contributed by atoms with E-state index in [0.29, 0.717) is 11.7 Å². The molecule has 0 aromatic carbocycles. The predicted octanol–water partition coefficient (Wildman–Crippen LogP) is 1.88. The Morgan fingerprint density at radius 3 is 2.43 bits per heavy atom. The summed E-state index contributed by atoms with van der Waals surface area (Å²) in [6.45, 7) is 3.83. The summed E-state index contributed by atoms with van der Waals surface area (Å²) in [7, 11) is -3.07. The van der Waals surface area contributed by atoms with Crippen LogP contribution in [0.1, 0.15) is 33.1 Å². The molecule has 0 spiro atoms. The Balaban J connectivity index is 2.47. The summed E-state index contributed by atoms with van der Waals surface area (Å²) in [4.78, 5) is 0. The van der Waals surface area contributed by atoms with Gasteiger partial charge in [0.25, 0.3) is 0 Å². The summed E-state index contributed by atoms with van der Waals surface area (Å²) >= 11 is 3.32. The molecule has 0 aromatic rings. The third-order valence-corrected chi connectivity index (χ3v) is 4.47. The molecule has 0 radical (unpaired) electrons. The minimum atomic E-state index is -3.07. The Kier molecular flexibility index (Phi) is 4.00. The molecule has 1 N–H and O–H groups in total. The maximum atomic E-state index is 11.6. The summed E-state index contributed by atoms with van der Waals surface area (Å²) in [6.07, 6.45) is 2.94. The van der Waals surface area contributed by atoms with Gasteiger partial charge in [-0.2, -0.15) is 0 Å². The standard InChI is InChI=1S/C9H18BrNO2S/c1-9(2,5-6-10)11-14(12,13)7-8-3-4-8/h8,11H,3-7H2,1-2H3. The van der Waals surface area contributed by atoms with E-state index in [9.17, 15) is 8.42 Å². The largest absolute Gasteiger partial charge is 0.212 e. The second-order valence-corrected chi connectivity index (χ2v) is 7.21. The first kappa shape index (κ1) is 12.5. The van der Waals surface area contributed by atoms with Gasteiger partial charge in [0.1, 0.15) is 0 Å². The first-order valence-electron chi connectivity index (χ1n) is 4.92. The van der Waals surface area contributed by atoms with Crippen molar-refractivity contribution in [1.29, 1.82) is 0 Å². The topological polar surface area (TPSA) is 46.2 Å². The molecule has 1 rings (SSSR count). The van der Waals surface area contributed by atoms with Gasteiger partial charge in [0.2, 0.25) is 10.0 Å². The van der Waals surface area contributed by atoms with Gasteiger partial charge < -0.3 is 0 Å². The highest BCUT2D eigenvalue weighted by Gasteiger charge is 2.31. The molecule has 5 heteroatoms. The van der Waals surface area contributed by atoms with Crippen LogP contribution in [0.3, 0.4) is 0 Å². The van der Waals surface area contributed by atoms with Gasteiger partial charge in [0.05, 0.1) is 5.75 Å². The van der Waals surface area contributed by atoms with Gasteiger partial charge in [-0.15, -0.1) is 0 Å². The summed E-state index contributed by atoms with van der Waals surface area (Å²) in [6, 6.07) is 0. The van der Waals surface area contributed by atoms with Crippen LogP contribution in [0.5, 0.6) is 0 Å². The highest BCUT2D eigenvalue weighted by atomic mass is 79.9. The first-order valence-corrected chi connectivity index (χ1v) is 7.70. The van der Waals surface area contributed by atoms with Crippen LogP contribution in [0.15, 0.2) is 0 Å². The minimum Gasteiger partial charge on any atom is -0.212 e. The van der Waals surface area contributed by atoms with Gasteiger partial charge in [0.15, 0.2) is 0 Å². The van der Waals surface area contributed by atoms with E-state index in [4.69, 9.17) is 0 Å². The number of nitrogens with one attached hydrogen (secondary N) is 1. The molecule has 3 nitrogen and oxygen atoms in total. The molecule has 0 aromatic heterocycles. The van der Waals surface area contributed by atoms with Gasteiger partial charge >= 0.3 is 0 Å². The molecule has 0 saturated heterocycles. The maximum Gasteiger partial charge on any atom is 0.212 e. The first-order chi connectivity index (χ1) is 6.35. The molecule has 84 valence electrons. The van der Waals surface area contributed by atoms with Gasteiger partial charge in [-0.25, -0.2) is 13.1 Å². The van der Waals surface area contributed by atoms with Crippen LogP contribution in [0.25, 0.3) is 0 Å². The number of rotatable bonds is 6. The predicted molar refractivity (Wildman–Crippen MR) is 62.1 cm³/mol. The van der Waals surface area contributed by atoms with Gasteiger partial charge in [-0.05, 0) is 39.0 Å². The fourth-order valence-electron chi connectivity index (χ4n) is 1.34. The van der Waals surface area contributed by atoms with Crippen molar-refractivity contribution in [2.75, 3.05) is 11.1 Å². The van der Waals surface area contributed by atoms with Crippen LogP contribution < -0.4 is 4.72 Å². The molecule has 0 unspecified atom stereocenters. The minimum absolute atomic E-state index is 0.304. The van der Waals surface area contributed by atoms with E-state index in [1.54, 1.807) is 0 Å². The molecule has 0 heterocycles. The van der Waals surface area contributed by atoms with Crippen LogP contribution >= 0.6 is 15.9 Å². The zero-order valence-electron chi connectivity index (χ0n) is 8.72. The Morgan fingerprint density at radius 1 is 1.43 bits per heavy atom. The van der Waals surface area contributed by atoms with Crippen LogP contribution in [0.4, 0.5) is 0 Å². The molecule has 0 amide bonds. The fraction of sp³-hybridized carbons (Fsp3) is 1.00. The SMILES string of the molecule is CC(C)(CCBr)NS(=O)(=O)CC1CC1. The molecular weight excluding hydrogens is 266 g/mol. The van der Waals surface area contributed by atoms with Crippen molar-refractivity contribution in [2.24, 2.45) is 5.92 Å². The highest BCUT2D eigenvalue weighted by molar-refractivity contribution is 9.09. The molecule has 14 heavy (non-hydrogen) atoms. The quantitative estimate of drug-likeness (QED) is 0.757. The molecule has 0 aliphatic heterocycles. The van der Waals surface area contributed by atoms with E-state index in [-0.39, 0.29) is 5.54 Å². The van der Waals surface area contributed by atoms with E-state index in [1.807, 2.05) is 13.8 Å². The highest BCUT2D eigenvalue weighted by Crippen LogP contribution is 2.30. The van der Waals surface area contributed by atoms with Crippen molar-refractivity contribution in [3.8, 4) is 0 Å². The summed E-state index contributed by atoms with van der Waals surface area (Å²) in [5, 5.41) is 0.811. The zero-order valence-corrected chi connectivity index (χ0v) is 11.1. The van der Waals surface area contributed by atoms with Crippen molar-refractivity contribution in [1.82, 2.24) is 4.72 Å². The van der Waals surface area contributed by atoms with Crippen molar-refractivity contribution < 1.29 is 8.42 Å². The molecule has 1 aliphatic rings. The van der Waals surface area contributed by atoms with Gasteiger partial charge in [0, 0.05) is 10.9 Å². The number of alkyl halides is 1. The number of halogens is 1. The second kappa shape index (κ2) is 4.49. The normalized spacial score (nSPS) is 18.5. The lowest BCUT2D eigenvalue weighted by atomic mass is 10.0. The average molecular weight is 284 g/mol. The zero-order chi connectivity index (χ0) is 10.8. The molecule has 1 aliphatic carbocycles. The Bertz CT molecular complexity index is 283. The molecule has 1 fully saturated rings. The third-order valence-electron chi connectivity index (χ3n) is 2.30. The smallest absolute Gasteiger partial charge is 0.212 e. The lowest BCUT2D eigenvalue weighted by molar-refractivity contribution is 0.443. The van der Waals surface area contributed by atoms with Crippen molar-refractivity contribution >= 4 is 26.0 Å². The van der Waals surface area contributed by atoms with E-state index < -0.39 is 10.0 Å².